The number of sulfone groups is 1. The van der Waals surface area contributed by atoms with Crippen LogP contribution in [0, 0.1) is 13.8 Å². The highest BCUT2D eigenvalue weighted by atomic mass is 35.5. The number of aryl methyl sites for hydroxylation is 1. The molecule has 3 rings (SSSR count). The van der Waals surface area contributed by atoms with E-state index >= 15 is 0 Å². The van der Waals surface area contributed by atoms with Crippen LogP contribution in [0.3, 0.4) is 0 Å². The third-order valence-corrected chi connectivity index (χ3v) is 7.00. The Labute approximate surface area is 168 Å². The Hall–Kier alpha value is -2.32. The van der Waals surface area contributed by atoms with E-state index in [0.717, 1.165) is 11.4 Å². The Morgan fingerprint density at radius 2 is 1.89 bits per heavy atom. The lowest BCUT2D eigenvalue weighted by molar-refractivity contribution is -0.124. The first-order chi connectivity index (χ1) is 13.2. The van der Waals surface area contributed by atoms with Crippen LogP contribution in [0.1, 0.15) is 21.7 Å². The third kappa shape index (κ3) is 4.39. The first kappa shape index (κ1) is 20.4. The first-order valence-corrected chi connectivity index (χ1v) is 11.0. The smallest absolute Gasteiger partial charge is 0.340 e. The van der Waals surface area contributed by atoms with Crippen molar-refractivity contribution >= 4 is 33.3 Å². The molecular weight excluding hydrogens is 404 g/mol. The lowest BCUT2D eigenvalue weighted by atomic mass is 10.2. The van der Waals surface area contributed by atoms with Crippen molar-refractivity contribution in [3.05, 3.63) is 53.3 Å². The van der Waals surface area contributed by atoms with Crippen LogP contribution in [0.25, 0.3) is 5.69 Å². The minimum Gasteiger partial charge on any atom is -0.452 e. The van der Waals surface area contributed by atoms with Gasteiger partial charge in [0.25, 0.3) is 5.91 Å². The van der Waals surface area contributed by atoms with Gasteiger partial charge in [0.1, 0.15) is 0 Å². The first-order valence-electron chi connectivity index (χ1n) is 8.73. The summed E-state index contributed by atoms with van der Waals surface area (Å²) in [4.78, 5) is 24.5. The summed E-state index contributed by atoms with van der Waals surface area (Å²) in [7, 11) is -3.26. The maximum Gasteiger partial charge on any atom is 0.340 e. The Kier molecular flexibility index (Phi) is 5.81. The summed E-state index contributed by atoms with van der Waals surface area (Å²) in [5.74, 6) is -1.59. The number of alkyl halides is 1. The van der Waals surface area contributed by atoms with E-state index in [0.29, 0.717) is 11.3 Å². The fourth-order valence-corrected chi connectivity index (χ4v) is 5.89. The predicted molar refractivity (Wildman–Crippen MR) is 106 cm³/mol. The molecular formula is C19H21ClN2O5S. The molecule has 0 aliphatic carbocycles. The summed E-state index contributed by atoms with van der Waals surface area (Å²) >= 11 is 5.96. The van der Waals surface area contributed by atoms with E-state index in [-0.39, 0.29) is 11.5 Å². The molecule has 28 heavy (non-hydrogen) atoms. The Morgan fingerprint density at radius 3 is 2.50 bits per heavy atom. The molecule has 1 aromatic carbocycles. The van der Waals surface area contributed by atoms with Gasteiger partial charge < -0.3 is 14.6 Å². The van der Waals surface area contributed by atoms with Crippen molar-refractivity contribution in [1.29, 1.82) is 0 Å². The van der Waals surface area contributed by atoms with Gasteiger partial charge in [0.15, 0.2) is 16.4 Å². The Balaban J connectivity index is 1.64. The van der Waals surface area contributed by atoms with Crippen molar-refractivity contribution in [3.63, 3.8) is 0 Å². The summed E-state index contributed by atoms with van der Waals surface area (Å²) in [5.41, 5.74) is 2.86. The molecule has 1 saturated heterocycles. The highest BCUT2D eigenvalue weighted by Gasteiger charge is 2.37. The lowest BCUT2D eigenvalue weighted by Crippen LogP contribution is -2.42. The van der Waals surface area contributed by atoms with Crippen LogP contribution in [0.15, 0.2) is 36.4 Å². The molecule has 2 aromatic rings. The summed E-state index contributed by atoms with van der Waals surface area (Å²) in [6, 6.07) is 10.6. The second-order valence-corrected chi connectivity index (χ2v) is 9.51. The maximum atomic E-state index is 12.4. The third-order valence-electron chi connectivity index (χ3n) is 4.63. The van der Waals surface area contributed by atoms with E-state index in [1.807, 2.05) is 41.8 Å². The zero-order valence-corrected chi connectivity index (χ0v) is 17.1. The number of ether oxygens (including phenoxy) is 1. The van der Waals surface area contributed by atoms with Crippen molar-refractivity contribution in [2.24, 2.45) is 0 Å². The van der Waals surface area contributed by atoms with Crippen LogP contribution < -0.4 is 5.32 Å². The fourth-order valence-electron chi connectivity index (χ4n) is 3.34. The zero-order valence-electron chi connectivity index (χ0n) is 15.5. The van der Waals surface area contributed by atoms with E-state index in [1.165, 1.54) is 0 Å². The Morgan fingerprint density at radius 1 is 1.21 bits per heavy atom. The molecule has 150 valence electrons. The molecule has 7 nitrogen and oxygen atoms in total. The number of esters is 1. The van der Waals surface area contributed by atoms with Crippen LogP contribution in [-0.4, -0.2) is 54.4 Å². The number of carbonyl (C=O) groups excluding carboxylic acids is 2. The Bertz CT molecular complexity index is 1000. The van der Waals surface area contributed by atoms with Gasteiger partial charge in [-0.25, -0.2) is 13.2 Å². The highest BCUT2D eigenvalue weighted by molar-refractivity contribution is 7.91. The number of benzene rings is 1. The van der Waals surface area contributed by atoms with E-state index in [9.17, 15) is 18.0 Å². The number of halogens is 1. The molecule has 1 N–H and O–H groups in total. The lowest BCUT2D eigenvalue weighted by Gasteiger charge is -2.14. The molecule has 1 fully saturated rings. The van der Waals surface area contributed by atoms with Gasteiger partial charge in [-0.1, -0.05) is 18.2 Å². The molecule has 9 heteroatoms. The van der Waals surface area contributed by atoms with E-state index in [1.54, 1.807) is 13.0 Å². The van der Waals surface area contributed by atoms with Crippen molar-refractivity contribution in [3.8, 4) is 5.69 Å². The quantitative estimate of drug-likeness (QED) is 0.583. The molecule has 1 amide bonds. The number of nitrogens with one attached hydrogen (secondary N) is 1. The SMILES string of the molecule is Cc1cc(C(=O)OCC(=O)N[C@@H]2CS(=O)(=O)C[C@@H]2Cl)c(C)n1-c1ccccc1. The number of hydrogen-bond donors (Lipinski definition) is 1. The van der Waals surface area contributed by atoms with Crippen LogP contribution >= 0.6 is 11.6 Å². The van der Waals surface area contributed by atoms with Gasteiger partial charge in [0.2, 0.25) is 0 Å². The standard InChI is InChI=1S/C19H21ClN2O5S/c1-12-8-15(13(2)22(12)14-6-4-3-5-7-14)19(24)27-9-18(23)21-17-11-28(25,26)10-16(17)20/h3-8,16-17H,9-11H2,1-2H3,(H,21,23)/t16-,17+/m0/s1. The highest BCUT2D eigenvalue weighted by Crippen LogP contribution is 2.21. The average molecular weight is 425 g/mol. The van der Waals surface area contributed by atoms with Crippen molar-refractivity contribution in [2.75, 3.05) is 18.1 Å². The number of carbonyl (C=O) groups is 2. The minimum absolute atomic E-state index is 0.176. The van der Waals surface area contributed by atoms with Gasteiger partial charge in [-0.15, -0.1) is 11.6 Å². The number of para-hydroxylation sites is 1. The topological polar surface area (TPSA) is 94.5 Å². The van der Waals surface area contributed by atoms with E-state index in [4.69, 9.17) is 16.3 Å². The number of nitrogens with zero attached hydrogens (tertiary/aromatic N) is 1. The zero-order chi connectivity index (χ0) is 20.5. The molecule has 0 radical (unpaired) electrons. The van der Waals surface area contributed by atoms with Crippen LogP contribution in [0.5, 0.6) is 0 Å². The normalized spacial score (nSPS) is 20.7. The predicted octanol–water partition coefficient (Wildman–Crippen LogP) is 1.77. The van der Waals surface area contributed by atoms with Crippen LogP contribution in [0.4, 0.5) is 0 Å². The van der Waals surface area contributed by atoms with E-state index in [2.05, 4.69) is 5.32 Å². The average Bonchev–Trinajstić information content (AvgIpc) is 3.07. The van der Waals surface area contributed by atoms with Crippen molar-refractivity contribution in [1.82, 2.24) is 9.88 Å². The molecule has 0 unspecified atom stereocenters. The molecule has 1 aliphatic heterocycles. The maximum absolute atomic E-state index is 12.4. The number of amides is 1. The molecule has 1 aliphatic rings. The molecule has 0 bridgehead atoms. The fraction of sp³-hybridized carbons (Fsp3) is 0.368. The van der Waals surface area contributed by atoms with Crippen molar-refractivity contribution < 1.29 is 22.7 Å². The van der Waals surface area contributed by atoms with Gasteiger partial charge in [-0.05, 0) is 32.0 Å². The number of aromatic nitrogens is 1. The van der Waals surface area contributed by atoms with Crippen molar-refractivity contribution in [2.45, 2.75) is 25.3 Å². The number of hydrogen-bond acceptors (Lipinski definition) is 5. The molecule has 0 saturated carbocycles. The second-order valence-electron chi connectivity index (χ2n) is 6.80. The minimum atomic E-state index is -3.26. The molecule has 0 spiro atoms. The molecule has 2 heterocycles. The van der Waals surface area contributed by atoms with Gasteiger partial charge in [-0.3, -0.25) is 4.79 Å². The summed E-state index contributed by atoms with van der Waals surface area (Å²) in [5, 5.41) is 1.83. The van der Waals surface area contributed by atoms with Gasteiger partial charge in [-0.2, -0.15) is 0 Å². The number of rotatable bonds is 5. The summed E-state index contributed by atoms with van der Waals surface area (Å²) < 4.78 is 30.1. The molecule has 2 atom stereocenters. The van der Waals surface area contributed by atoms with Gasteiger partial charge in [0.05, 0.1) is 28.5 Å². The van der Waals surface area contributed by atoms with E-state index < -0.39 is 39.7 Å². The van der Waals surface area contributed by atoms with Crippen LogP contribution in [-0.2, 0) is 19.4 Å². The van der Waals surface area contributed by atoms with Gasteiger partial charge in [0, 0.05) is 17.1 Å². The van der Waals surface area contributed by atoms with Gasteiger partial charge >= 0.3 is 5.97 Å². The second kappa shape index (κ2) is 7.97. The van der Waals surface area contributed by atoms with Crippen LogP contribution in [0.2, 0.25) is 0 Å². The monoisotopic (exact) mass is 424 g/mol. The largest absolute Gasteiger partial charge is 0.452 e. The summed E-state index contributed by atoms with van der Waals surface area (Å²) in [6.07, 6.45) is 0. The summed E-state index contributed by atoms with van der Waals surface area (Å²) in [6.45, 7) is 3.18. The molecule has 1 aromatic heterocycles.